The van der Waals surface area contributed by atoms with E-state index in [1.807, 2.05) is 48.5 Å². The minimum atomic E-state index is -0.262. The van der Waals surface area contributed by atoms with Gasteiger partial charge >= 0.3 is 0 Å². The molecule has 9 heteroatoms. The van der Waals surface area contributed by atoms with E-state index in [-0.39, 0.29) is 24.3 Å². The summed E-state index contributed by atoms with van der Waals surface area (Å²) >= 11 is 0. The smallest absolute Gasteiger partial charge is 0.262 e. The van der Waals surface area contributed by atoms with Crippen molar-refractivity contribution in [3.63, 3.8) is 0 Å². The third kappa shape index (κ3) is 13.1. The van der Waals surface area contributed by atoms with Crippen molar-refractivity contribution < 1.29 is 28.6 Å². The van der Waals surface area contributed by atoms with Crippen molar-refractivity contribution in [2.45, 2.75) is 45.8 Å². The lowest BCUT2D eigenvalue weighted by molar-refractivity contribution is -0.131. The van der Waals surface area contributed by atoms with E-state index in [1.54, 1.807) is 31.1 Å². The van der Waals surface area contributed by atoms with E-state index in [4.69, 9.17) is 14.2 Å². The number of benzene rings is 3. The van der Waals surface area contributed by atoms with Gasteiger partial charge in [-0.05, 0) is 60.7 Å². The van der Waals surface area contributed by atoms with Crippen LogP contribution in [-0.2, 0) is 43.4 Å². The number of ether oxygens (including phenoxy) is 3. The summed E-state index contributed by atoms with van der Waals surface area (Å²) in [5.74, 6) is 0.332. The molecule has 3 rings (SSSR count). The molecule has 230 valence electrons. The van der Waals surface area contributed by atoms with Crippen molar-refractivity contribution in [2.75, 3.05) is 45.8 Å². The Hall–Kier alpha value is -4.21. The predicted octanol–water partition coefficient (Wildman–Crippen LogP) is 4.66. The maximum Gasteiger partial charge on any atom is 0.262 e. The second-order valence-corrected chi connectivity index (χ2v) is 10.4. The molecule has 0 bridgehead atoms. The van der Waals surface area contributed by atoms with Crippen molar-refractivity contribution in [2.24, 2.45) is 0 Å². The number of rotatable bonds is 18. The van der Waals surface area contributed by atoms with Crippen molar-refractivity contribution >= 4 is 23.4 Å². The van der Waals surface area contributed by atoms with Crippen molar-refractivity contribution in [1.82, 2.24) is 10.2 Å². The SMILES string of the molecule is CNC(=O)CCCc1ccc(NC(=O)COc2ccc(CN(C)C(=O)CCOCCOCc3ccc(C)cc3)cc2)cc1. The molecule has 43 heavy (non-hydrogen) atoms. The first-order chi connectivity index (χ1) is 20.8. The van der Waals surface area contributed by atoms with Gasteiger partial charge in [-0.25, -0.2) is 0 Å². The molecule has 0 aromatic heterocycles. The van der Waals surface area contributed by atoms with Crippen LogP contribution in [0.1, 0.15) is 41.5 Å². The summed E-state index contributed by atoms with van der Waals surface area (Å²) in [6.07, 6.45) is 2.35. The molecule has 0 heterocycles. The fourth-order valence-electron chi connectivity index (χ4n) is 4.18. The van der Waals surface area contributed by atoms with Gasteiger partial charge in [0.1, 0.15) is 5.75 Å². The quantitative estimate of drug-likeness (QED) is 0.209. The number of nitrogens with one attached hydrogen (secondary N) is 2. The number of amides is 3. The fraction of sp³-hybridized carbons (Fsp3) is 0.382. The Morgan fingerprint density at radius 2 is 1.40 bits per heavy atom. The maximum absolute atomic E-state index is 12.5. The van der Waals surface area contributed by atoms with Gasteiger partial charge in [0.05, 0.1) is 32.8 Å². The molecule has 9 nitrogen and oxygen atoms in total. The van der Waals surface area contributed by atoms with Crippen molar-refractivity contribution in [3.05, 3.63) is 95.1 Å². The number of anilines is 1. The van der Waals surface area contributed by atoms with E-state index >= 15 is 0 Å². The van der Waals surface area contributed by atoms with E-state index in [0.29, 0.717) is 57.3 Å². The fourth-order valence-corrected chi connectivity index (χ4v) is 4.18. The first-order valence-corrected chi connectivity index (χ1v) is 14.6. The Kier molecular flexibility index (Phi) is 14.2. The minimum Gasteiger partial charge on any atom is -0.484 e. The highest BCUT2D eigenvalue weighted by atomic mass is 16.5. The number of carbonyl (C=O) groups excluding carboxylic acids is 3. The standard InChI is InChI=1S/C34H43N3O6/c1-26-7-9-29(10-8-26)24-42-22-21-41-20-19-34(40)37(3)23-28-13-17-31(18-14-28)43-25-33(39)36-30-15-11-27(12-16-30)5-4-6-32(38)35-2/h7-18H,4-6,19-25H2,1-3H3,(H,35,38)(H,36,39). The van der Waals surface area contributed by atoms with Crippen LogP contribution in [0.3, 0.4) is 0 Å². The van der Waals surface area contributed by atoms with Crippen LogP contribution >= 0.6 is 0 Å². The summed E-state index contributed by atoms with van der Waals surface area (Å²) in [7, 11) is 3.40. The molecule has 0 atom stereocenters. The number of hydrogen-bond acceptors (Lipinski definition) is 6. The third-order valence-electron chi connectivity index (χ3n) is 6.75. The molecule has 0 saturated carbocycles. The lowest BCUT2D eigenvalue weighted by Crippen LogP contribution is -2.27. The van der Waals surface area contributed by atoms with Crippen molar-refractivity contribution in [1.29, 1.82) is 0 Å². The van der Waals surface area contributed by atoms with Crippen LogP contribution in [0.25, 0.3) is 0 Å². The van der Waals surface area contributed by atoms with Gasteiger partial charge in [-0.3, -0.25) is 14.4 Å². The Balaban J connectivity index is 1.27. The molecular weight excluding hydrogens is 546 g/mol. The molecule has 2 N–H and O–H groups in total. The van der Waals surface area contributed by atoms with E-state index in [2.05, 4.69) is 29.7 Å². The lowest BCUT2D eigenvalue weighted by atomic mass is 10.1. The van der Waals surface area contributed by atoms with Crippen LogP contribution in [0.4, 0.5) is 5.69 Å². The zero-order valence-corrected chi connectivity index (χ0v) is 25.4. The second kappa shape index (κ2) is 18.4. The summed E-state index contributed by atoms with van der Waals surface area (Å²) < 4.78 is 16.8. The van der Waals surface area contributed by atoms with E-state index in [1.165, 1.54) is 5.56 Å². The molecule has 0 radical (unpaired) electrons. The Morgan fingerprint density at radius 3 is 2.09 bits per heavy atom. The Bertz CT molecular complexity index is 1280. The zero-order valence-electron chi connectivity index (χ0n) is 25.4. The molecule has 0 fully saturated rings. The number of nitrogens with zero attached hydrogens (tertiary/aromatic N) is 1. The first-order valence-electron chi connectivity index (χ1n) is 14.6. The number of carbonyl (C=O) groups is 3. The van der Waals surface area contributed by atoms with Gasteiger partial charge in [-0.15, -0.1) is 0 Å². The molecule has 0 aliphatic heterocycles. The molecule has 0 aliphatic carbocycles. The molecule has 0 spiro atoms. The number of hydrogen-bond donors (Lipinski definition) is 2. The Labute approximate surface area is 254 Å². The van der Waals surface area contributed by atoms with E-state index < -0.39 is 0 Å². The van der Waals surface area contributed by atoms with Gasteiger partial charge in [0.15, 0.2) is 6.61 Å². The average Bonchev–Trinajstić information content (AvgIpc) is 3.01. The second-order valence-electron chi connectivity index (χ2n) is 10.4. The molecule has 3 aromatic rings. The highest BCUT2D eigenvalue weighted by Gasteiger charge is 2.10. The van der Waals surface area contributed by atoms with Crippen LogP contribution < -0.4 is 15.4 Å². The molecule has 0 unspecified atom stereocenters. The van der Waals surface area contributed by atoms with Gasteiger partial charge in [0.2, 0.25) is 11.8 Å². The maximum atomic E-state index is 12.5. The summed E-state index contributed by atoms with van der Waals surface area (Å²) in [5, 5.41) is 5.44. The monoisotopic (exact) mass is 589 g/mol. The topological polar surface area (TPSA) is 106 Å². The van der Waals surface area contributed by atoms with Crippen LogP contribution in [0.5, 0.6) is 5.75 Å². The predicted molar refractivity (Wildman–Crippen MR) is 167 cm³/mol. The highest BCUT2D eigenvalue weighted by molar-refractivity contribution is 5.91. The van der Waals surface area contributed by atoms with Crippen molar-refractivity contribution in [3.8, 4) is 5.75 Å². The van der Waals surface area contributed by atoms with Crippen LogP contribution in [0.2, 0.25) is 0 Å². The normalized spacial score (nSPS) is 10.7. The molecule has 3 aromatic carbocycles. The average molecular weight is 590 g/mol. The minimum absolute atomic E-state index is 0.00509. The summed E-state index contributed by atoms with van der Waals surface area (Å²) in [4.78, 5) is 37.8. The lowest BCUT2D eigenvalue weighted by Gasteiger charge is -2.17. The van der Waals surface area contributed by atoms with Crippen LogP contribution in [0, 0.1) is 6.92 Å². The van der Waals surface area contributed by atoms with E-state index in [9.17, 15) is 14.4 Å². The molecule has 3 amide bonds. The Morgan fingerprint density at radius 1 is 0.744 bits per heavy atom. The van der Waals surface area contributed by atoms with Gasteiger partial charge in [-0.1, -0.05) is 54.1 Å². The molecular formula is C34H43N3O6. The summed E-state index contributed by atoms with van der Waals surface area (Å²) in [5.41, 5.74) is 5.08. The zero-order chi connectivity index (χ0) is 30.9. The van der Waals surface area contributed by atoms with Gasteiger partial charge < -0.3 is 29.7 Å². The van der Waals surface area contributed by atoms with Gasteiger partial charge in [-0.2, -0.15) is 0 Å². The highest BCUT2D eigenvalue weighted by Crippen LogP contribution is 2.15. The third-order valence-corrected chi connectivity index (χ3v) is 6.75. The first kappa shape index (κ1) is 33.3. The van der Waals surface area contributed by atoms with Crippen LogP contribution in [-0.4, -0.2) is 63.1 Å². The molecule has 0 saturated heterocycles. The summed E-state index contributed by atoms with van der Waals surface area (Å²) in [6, 6.07) is 23.1. The van der Waals surface area contributed by atoms with Crippen LogP contribution in [0.15, 0.2) is 72.8 Å². The van der Waals surface area contributed by atoms with Gasteiger partial charge in [0, 0.05) is 32.7 Å². The molecule has 0 aliphatic rings. The summed E-state index contributed by atoms with van der Waals surface area (Å²) in [6.45, 7) is 4.19. The van der Waals surface area contributed by atoms with Gasteiger partial charge in [0.25, 0.3) is 5.91 Å². The largest absolute Gasteiger partial charge is 0.484 e. The number of aryl methyl sites for hydroxylation is 2. The van der Waals surface area contributed by atoms with E-state index in [0.717, 1.165) is 29.5 Å².